The molecule has 0 bridgehead atoms. The number of nitrogens with zero attached hydrogens (tertiary/aromatic N) is 6. The number of piperazine rings is 2. The van der Waals surface area contributed by atoms with Gasteiger partial charge in [-0.25, -0.2) is 9.97 Å². The summed E-state index contributed by atoms with van der Waals surface area (Å²) in [6.07, 6.45) is 7.29. The highest BCUT2D eigenvalue weighted by atomic mass is 16.3. The average Bonchev–Trinajstić information content (AvgIpc) is 3.69. The summed E-state index contributed by atoms with van der Waals surface area (Å²) in [6.45, 7) is 20.8. The number of likely N-dealkylation sites (N-methyl/N-ethyl adjacent to an activating group) is 2. The van der Waals surface area contributed by atoms with Crippen LogP contribution in [0.3, 0.4) is 0 Å². The highest BCUT2D eigenvalue weighted by Gasteiger charge is 2.20. The molecule has 0 N–H and O–H groups in total. The number of hydrogen-bond acceptors (Lipinski definition) is 8. The zero-order valence-corrected chi connectivity index (χ0v) is 26.0. The van der Waals surface area contributed by atoms with Gasteiger partial charge in [-0.15, -0.1) is 0 Å². The van der Waals surface area contributed by atoms with Crippen LogP contribution in [-0.4, -0.2) is 86.2 Å². The molecule has 0 amide bonds. The first kappa shape index (κ1) is 31.4. The third kappa shape index (κ3) is 7.55. The maximum absolute atomic E-state index is 5.54. The van der Waals surface area contributed by atoms with Crippen molar-refractivity contribution in [3.05, 3.63) is 48.4 Å². The minimum Gasteiger partial charge on any atom is -0.471 e. The number of anilines is 2. The molecule has 4 aromatic rings. The first-order valence-electron chi connectivity index (χ1n) is 15.2. The summed E-state index contributed by atoms with van der Waals surface area (Å²) >= 11 is 0. The predicted octanol–water partition coefficient (Wildman–Crippen LogP) is 6.34. The van der Waals surface area contributed by atoms with Gasteiger partial charge in [-0.05, 0) is 39.1 Å². The van der Waals surface area contributed by atoms with Crippen LogP contribution in [0.15, 0.2) is 45.8 Å². The highest BCUT2D eigenvalue weighted by Crippen LogP contribution is 2.29. The van der Waals surface area contributed by atoms with Gasteiger partial charge in [0.15, 0.2) is 0 Å². The Morgan fingerprint density at radius 3 is 1.70 bits per heavy atom. The SMILES string of the molecule is CC.CC.CCc1cc2cocc2c(N2CCN(C)CC2)n1.CCc1cc2occc2c(N2CCN(C)CC2)n1. The normalized spacial score (nSPS) is 16.1. The molecule has 0 aliphatic carbocycles. The van der Waals surface area contributed by atoms with Crippen LogP contribution in [0.2, 0.25) is 0 Å². The monoisotopic (exact) mass is 550 g/mol. The second kappa shape index (κ2) is 15.6. The molecule has 2 aliphatic heterocycles. The molecule has 2 aliphatic rings. The zero-order chi connectivity index (χ0) is 29.1. The van der Waals surface area contributed by atoms with Crippen molar-refractivity contribution in [1.82, 2.24) is 19.8 Å². The summed E-state index contributed by atoms with van der Waals surface area (Å²) < 4.78 is 10.9. The molecule has 0 saturated carbocycles. The minimum atomic E-state index is 0.942. The fourth-order valence-electron chi connectivity index (χ4n) is 4.89. The van der Waals surface area contributed by atoms with Crippen LogP contribution in [0.25, 0.3) is 21.7 Å². The van der Waals surface area contributed by atoms with Gasteiger partial charge in [-0.3, -0.25) is 0 Å². The molecule has 2 saturated heterocycles. The Morgan fingerprint density at radius 1 is 0.675 bits per heavy atom. The van der Waals surface area contributed by atoms with E-state index in [9.17, 15) is 0 Å². The Bertz CT molecular complexity index is 1180. The second-order valence-electron chi connectivity index (χ2n) is 9.87. The first-order chi connectivity index (χ1) is 19.6. The molecule has 0 atom stereocenters. The molecule has 4 aromatic heterocycles. The van der Waals surface area contributed by atoms with E-state index < -0.39 is 0 Å². The van der Waals surface area contributed by atoms with E-state index in [0.717, 1.165) is 110 Å². The first-order valence-corrected chi connectivity index (χ1v) is 15.2. The van der Waals surface area contributed by atoms with Crippen LogP contribution in [-0.2, 0) is 12.8 Å². The number of furan rings is 2. The fraction of sp³-hybridized carbons (Fsp3) is 0.562. The predicted molar refractivity (Wildman–Crippen MR) is 169 cm³/mol. The van der Waals surface area contributed by atoms with E-state index in [1.54, 1.807) is 6.26 Å². The molecule has 0 spiro atoms. The van der Waals surface area contributed by atoms with Gasteiger partial charge in [0.05, 0.1) is 23.3 Å². The van der Waals surface area contributed by atoms with Gasteiger partial charge in [0.1, 0.15) is 23.5 Å². The van der Waals surface area contributed by atoms with Crippen molar-refractivity contribution in [3.8, 4) is 0 Å². The van der Waals surface area contributed by atoms with Crippen LogP contribution in [0.5, 0.6) is 0 Å². The van der Waals surface area contributed by atoms with Crippen LogP contribution >= 0.6 is 0 Å². The molecule has 40 heavy (non-hydrogen) atoms. The van der Waals surface area contributed by atoms with Gasteiger partial charge in [0.25, 0.3) is 0 Å². The molecular formula is C32H50N6O2. The molecule has 8 nitrogen and oxygen atoms in total. The highest BCUT2D eigenvalue weighted by molar-refractivity contribution is 5.92. The van der Waals surface area contributed by atoms with Gasteiger partial charge in [-0.2, -0.15) is 0 Å². The Kier molecular flexibility index (Phi) is 12.3. The Balaban J connectivity index is 0.000000196. The van der Waals surface area contributed by atoms with Crippen LogP contribution in [0.1, 0.15) is 52.9 Å². The van der Waals surface area contributed by atoms with E-state index in [2.05, 4.69) is 59.7 Å². The van der Waals surface area contributed by atoms with Crippen molar-refractivity contribution in [3.63, 3.8) is 0 Å². The Labute approximate surface area is 240 Å². The number of pyridine rings is 2. The molecule has 220 valence electrons. The quantitative estimate of drug-likeness (QED) is 0.292. The minimum absolute atomic E-state index is 0.942. The van der Waals surface area contributed by atoms with Gasteiger partial charge < -0.3 is 28.4 Å². The number of aromatic nitrogens is 2. The van der Waals surface area contributed by atoms with Crippen LogP contribution in [0, 0.1) is 0 Å². The van der Waals surface area contributed by atoms with Crippen molar-refractivity contribution < 1.29 is 8.83 Å². The van der Waals surface area contributed by atoms with E-state index in [4.69, 9.17) is 18.8 Å². The lowest BCUT2D eigenvalue weighted by Gasteiger charge is -2.33. The van der Waals surface area contributed by atoms with Crippen LogP contribution in [0.4, 0.5) is 11.6 Å². The van der Waals surface area contributed by atoms with Gasteiger partial charge in [0.2, 0.25) is 0 Å². The lowest BCUT2D eigenvalue weighted by molar-refractivity contribution is 0.312. The molecule has 6 rings (SSSR count). The van der Waals surface area contributed by atoms with Crippen LogP contribution < -0.4 is 9.80 Å². The molecule has 0 unspecified atom stereocenters. The lowest BCUT2D eigenvalue weighted by atomic mass is 10.2. The molecule has 0 radical (unpaired) electrons. The number of hydrogen-bond donors (Lipinski definition) is 0. The molecule has 6 heterocycles. The van der Waals surface area contributed by atoms with E-state index in [-0.39, 0.29) is 0 Å². The van der Waals surface area contributed by atoms with Crippen molar-refractivity contribution in [2.75, 3.05) is 76.3 Å². The van der Waals surface area contributed by atoms with Gasteiger partial charge >= 0.3 is 0 Å². The smallest absolute Gasteiger partial charge is 0.140 e. The van der Waals surface area contributed by atoms with E-state index in [1.807, 2.05) is 46.3 Å². The standard InChI is InChI=1S/2C14H19N3O.2C2H6/c1-3-11-10-13-12(4-9-18-13)14(15-11)17-7-5-16(2)6-8-17;1-3-12-8-11-9-18-10-13(11)14(15-12)17-6-4-16(2)5-7-17;2*1-2/h4,9-10H,3,5-8H2,1-2H3;8-10H,3-7H2,1-2H3;2*1-2H3. The van der Waals surface area contributed by atoms with E-state index in [1.165, 1.54) is 0 Å². The largest absolute Gasteiger partial charge is 0.471 e. The molecule has 2 fully saturated rings. The van der Waals surface area contributed by atoms with E-state index >= 15 is 0 Å². The maximum Gasteiger partial charge on any atom is 0.140 e. The van der Waals surface area contributed by atoms with Crippen molar-refractivity contribution in [2.24, 2.45) is 0 Å². The number of rotatable bonds is 4. The summed E-state index contributed by atoms with van der Waals surface area (Å²) in [4.78, 5) is 19.0. The average molecular weight is 551 g/mol. The fourth-order valence-corrected chi connectivity index (χ4v) is 4.89. The third-order valence-corrected chi connectivity index (χ3v) is 7.32. The topological polar surface area (TPSA) is 65.0 Å². The van der Waals surface area contributed by atoms with Crippen molar-refractivity contribution in [2.45, 2.75) is 54.4 Å². The summed E-state index contributed by atoms with van der Waals surface area (Å²) in [7, 11) is 4.33. The third-order valence-electron chi connectivity index (χ3n) is 7.32. The molecular weight excluding hydrogens is 500 g/mol. The summed E-state index contributed by atoms with van der Waals surface area (Å²) in [6, 6.07) is 6.20. The maximum atomic E-state index is 5.54. The number of aryl methyl sites for hydroxylation is 2. The van der Waals surface area contributed by atoms with Gasteiger partial charge in [0, 0.05) is 75.2 Å². The summed E-state index contributed by atoms with van der Waals surface area (Å²) in [5.74, 6) is 2.18. The molecule has 0 aromatic carbocycles. The Morgan fingerprint density at radius 2 is 1.18 bits per heavy atom. The van der Waals surface area contributed by atoms with E-state index in [0.29, 0.717) is 0 Å². The van der Waals surface area contributed by atoms with Gasteiger partial charge in [-0.1, -0.05) is 41.5 Å². The van der Waals surface area contributed by atoms with Crippen molar-refractivity contribution >= 4 is 33.4 Å². The lowest BCUT2D eigenvalue weighted by Crippen LogP contribution is -2.44. The second-order valence-corrected chi connectivity index (χ2v) is 9.87. The zero-order valence-electron chi connectivity index (χ0n) is 26.0. The Hall–Kier alpha value is -3.10. The number of fused-ring (bicyclic) bond motifs is 2. The summed E-state index contributed by atoms with van der Waals surface area (Å²) in [5, 5.41) is 3.43. The molecule has 8 heteroatoms. The van der Waals surface area contributed by atoms with Crippen molar-refractivity contribution in [1.29, 1.82) is 0 Å². The summed E-state index contributed by atoms with van der Waals surface area (Å²) in [5.41, 5.74) is 3.19.